The molecule has 3 rings (SSSR count). The Morgan fingerprint density at radius 3 is 2.35 bits per heavy atom. The number of carbonyl (C=O) groups excluding carboxylic acids is 2. The Labute approximate surface area is 204 Å². The van der Waals surface area contributed by atoms with Gasteiger partial charge in [-0.2, -0.15) is 0 Å². The molecular weight excluding hydrogens is 458 g/mol. The maximum absolute atomic E-state index is 13.2. The standard InChI is InChI=1S/C25H30ClN3O5/c1-16(2)23(27-24(30)21-9-6-19(29(32)33)15-22(21)26)25(31)28-12-10-18(11-13-28)14-17-4-7-20(34-3)8-5-17/h4-9,15-16,18,23H,10-14H2,1-3H3,(H,27,30)/t23-/m0/s1. The van der Waals surface area contributed by atoms with Gasteiger partial charge in [0.15, 0.2) is 0 Å². The topological polar surface area (TPSA) is 102 Å². The van der Waals surface area contributed by atoms with Gasteiger partial charge in [-0.25, -0.2) is 0 Å². The second-order valence-corrected chi connectivity index (χ2v) is 9.34. The third-order valence-electron chi connectivity index (χ3n) is 6.24. The van der Waals surface area contributed by atoms with Crippen LogP contribution < -0.4 is 10.1 Å². The minimum Gasteiger partial charge on any atom is -0.497 e. The van der Waals surface area contributed by atoms with Crippen LogP contribution in [0.2, 0.25) is 5.02 Å². The summed E-state index contributed by atoms with van der Waals surface area (Å²) in [4.78, 5) is 38.2. The molecule has 0 radical (unpaired) electrons. The minimum atomic E-state index is -0.711. The maximum Gasteiger partial charge on any atom is 0.270 e. The molecule has 2 aromatic rings. The molecule has 0 aromatic heterocycles. The molecule has 0 spiro atoms. The smallest absolute Gasteiger partial charge is 0.270 e. The molecule has 1 saturated heterocycles. The summed E-state index contributed by atoms with van der Waals surface area (Å²) in [5.74, 6) is 0.542. The van der Waals surface area contributed by atoms with Crippen molar-refractivity contribution >= 4 is 29.1 Å². The van der Waals surface area contributed by atoms with Crippen LogP contribution in [0, 0.1) is 22.0 Å². The Bertz CT molecular complexity index is 1030. The number of piperidine rings is 1. The van der Waals surface area contributed by atoms with Crippen molar-refractivity contribution in [2.75, 3.05) is 20.2 Å². The number of rotatable bonds is 8. The van der Waals surface area contributed by atoms with Crippen molar-refractivity contribution in [3.63, 3.8) is 0 Å². The first-order valence-corrected chi connectivity index (χ1v) is 11.7. The van der Waals surface area contributed by atoms with Crippen LogP contribution in [0.3, 0.4) is 0 Å². The van der Waals surface area contributed by atoms with Gasteiger partial charge < -0.3 is 15.0 Å². The first-order chi connectivity index (χ1) is 16.2. The molecule has 1 atom stereocenters. The van der Waals surface area contributed by atoms with E-state index < -0.39 is 16.9 Å². The number of methoxy groups -OCH3 is 1. The van der Waals surface area contributed by atoms with Crippen LogP contribution in [-0.2, 0) is 11.2 Å². The van der Waals surface area contributed by atoms with Crippen LogP contribution in [0.25, 0.3) is 0 Å². The number of benzene rings is 2. The Morgan fingerprint density at radius 1 is 1.18 bits per heavy atom. The van der Waals surface area contributed by atoms with Gasteiger partial charge >= 0.3 is 0 Å². The third-order valence-corrected chi connectivity index (χ3v) is 6.55. The molecule has 9 heteroatoms. The predicted molar refractivity (Wildman–Crippen MR) is 130 cm³/mol. The quantitative estimate of drug-likeness (QED) is 0.436. The number of nitrogens with zero attached hydrogens (tertiary/aromatic N) is 2. The number of carbonyl (C=O) groups is 2. The van der Waals surface area contributed by atoms with E-state index in [4.69, 9.17) is 16.3 Å². The first-order valence-electron chi connectivity index (χ1n) is 11.4. The summed E-state index contributed by atoms with van der Waals surface area (Å²) in [5, 5.41) is 13.7. The van der Waals surface area contributed by atoms with Gasteiger partial charge in [0.25, 0.3) is 11.6 Å². The van der Waals surface area contributed by atoms with Gasteiger partial charge in [0.2, 0.25) is 5.91 Å². The first kappa shape index (κ1) is 25.5. The molecule has 1 aliphatic heterocycles. The number of non-ortho nitro benzene ring substituents is 1. The highest BCUT2D eigenvalue weighted by molar-refractivity contribution is 6.34. The Hall–Kier alpha value is -3.13. The van der Waals surface area contributed by atoms with Crippen molar-refractivity contribution in [1.82, 2.24) is 10.2 Å². The Morgan fingerprint density at radius 2 is 1.82 bits per heavy atom. The zero-order chi connectivity index (χ0) is 24.8. The van der Waals surface area contributed by atoms with Gasteiger partial charge in [0.05, 0.1) is 22.6 Å². The fourth-order valence-corrected chi connectivity index (χ4v) is 4.44. The van der Waals surface area contributed by atoms with Crippen molar-refractivity contribution in [3.8, 4) is 5.75 Å². The molecule has 2 aromatic carbocycles. The number of likely N-dealkylation sites (tertiary alicyclic amines) is 1. The van der Waals surface area contributed by atoms with E-state index in [1.54, 1.807) is 7.11 Å². The zero-order valence-electron chi connectivity index (χ0n) is 19.6. The molecule has 1 heterocycles. The van der Waals surface area contributed by atoms with E-state index in [2.05, 4.69) is 17.4 Å². The highest BCUT2D eigenvalue weighted by Gasteiger charge is 2.32. The maximum atomic E-state index is 13.2. The molecular formula is C25H30ClN3O5. The minimum absolute atomic E-state index is 0.0269. The fraction of sp³-hybridized carbons (Fsp3) is 0.440. The molecule has 8 nitrogen and oxygen atoms in total. The molecule has 1 aliphatic rings. The van der Waals surface area contributed by atoms with Crippen molar-refractivity contribution in [2.45, 2.75) is 39.2 Å². The van der Waals surface area contributed by atoms with Crippen LogP contribution in [0.1, 0.15) is 42.6 Å². The van der Waals surface area contributed by atoms with Crippen molar-refractivity contribution in [3.05, 3.63) is 68.7 Å². The van der Waals surface area contributed by atoms with Crippen molar-refractivity contribution < 1.29 is 19.2 Å². The van der Waals surface area contributed by atoms with E-state index in [1.807, 2.05) is 30.9 Å². The van der Waals surface area contributed by atoms with Crippen LogP contribution in [-0.4, -0.2) is 47.9 Å². The number of hydrogen-bond acceptors (Lipinski definition) is 5. The summed E-state index contributed by atoms with van der Waals surface area (Å²) in [6, 6.07) is 11.0. The van der Waals surface area contributed by atoms with E-state index in [9.17, 15) is 19.7 Å². The monoisotopic (exact) mass is 487 g/mol. The summed E-state index contributed by atoms with van der Waals surface area (Å²) in [6.45, 7) is 5.02. The van der Waals surface area contributed by atoms with Gasteiger partial charge in [0.1, 0.15) is 11.8 Å². The van der Waals surface area contributed by atoms with Crippen LogP contribution in [0.15, 0.2) is 42.5 Å². The lowest BCUT2D eigenvalue weighted by molar-refractivity contribution is -0.384. The van der Waals surface area contributed by atoms with E-state index in [0.29, 0.717) is 19.0 Å². The van der Waals surface area contributed by atoms with Crippen LogP contribution in [0.5, 0.6) is 5.75 Å². The number of nitrogens with one attached hydrogen (secondary N) is 1. The van der Waals surface area contributed by atoms with Gasteiger partial charge in [-0.15, -0.1) is 0 Å². The lowest BCUT2D eigenvalue weighted by Crippen LogP contribution is -2.53. The highest BCUT2D eigenvalue weighted by Crippen LogP contribution is 2.25. The van der Waals surface area contributed by atoms with Crippen molar-refractivity contribution in [2.24, 2.45) is 11.8 Å². The second kappa shape index (κ2) is 11.3. The highest BCUT2D eigenvalue weighted by atomic mass is 35.5. The normalized spacial score (nSPS) is 15.1. The number of nitro benzene ring substituents is 1. The van der Waals surface area contributed by atoms with Gasteiger partial charge in [0, 0.05) is 25.2 Å². The Kier molecular flexibility index (Phi) is 8.50. The average Bonchev–Trinajstić information content (AvgIpc) is 2.82. The van der Waals surface area contributed by atoms with Gasteiger partial charge in [-0.1, -0.05) is 37.6 Å². The van der Waals surface area contributed by atoms with Crippen molar-refractivity contribution in [1.29, 1.82) is 0 Å². The summed E-state index contributed by atoms with van der Waals surface area (Å²) >= 11 is 6.09. The SMILES string of the molecule is COc1ccc(CC2CCN(C(=O)[C@@H](NC(=O)c3ccc([N+](=O)[O-])cc3Cl)C(C)C)CC2)cc1. The molecule has 182 valence electrons. The number of amides is 2. The molecule has 2 amide bonds. The average molecular weight is 488 g/mol. The lowest BCUT2D eigenvalue weighted by Gasteiger charge is -2.35. The molecule has 34 heavy (non-hydrogen) atoms. The van der Waals surface area contributed by atoms with Crippen LogP contribution in [0.4, 0.5) is 5.69 Å². The molecule has 1 N–H and O–H groups in total. The number of nitro groups is 1. The zero-order valence-corrected chi connectivity index (χ0v) is 20.4. The number of hydrogen-bond donors (Lipinski definition) is 1. The van der Waals surface area contributed by atoms with E-state index in [1.165, 1.54) is 17.7 Å². The summed E-state index contributed by atoms with van der Waals surface area (Å²) in [6.07, 6.45) is 2.74. The predicted octanol–water partition coefficient (Wildman–Crippen LogP) is 4.49. The number of ether oxygens (including phenoxy) is 1. The van der Waals surface area contributed by atoms with E-state index in [-0.39, 0.29) is 28.1 Å². The van der Waals surface area contributed by atoms with E-state index >= 15 is 0 Å². The van der Waals surface area contributed by atoms with Gasteiger partial charge in [-0.05, 0) is 54.9 Å². The molecule has 0 saturated carbocycles. The van der Waals surface area contributed by atoms with E-state index in [0.717, 1.165) is 31.1 Å². The number of halogens is 1. The Balaban J connectivity index is 1.59. The summed E-state index contributed by atoms with van der Waals surface area (Å²) in [7, 11) is 1.65. The molecule has 0 unspecified atom stereocenters. The second-order valence-electron chi connectivity index (χ2n) is 8.94. The largest absolute Gasteiger partial charge is 0.497 e. The fourth-order valence-electron chi connectivity index (χ4n) is 4.18. The molecule has 0 bridgehead atoms. The van der Waals surface area contributed by atoms with Crippen LogP contribution >= 0.6 is 11.6 Å². The molecule has 0 aliphatic carbocycles. The summed E-state index contributed by atoms with van der Waals surface area (Å²) < 4.78 is 5.21. The summed E-state index contributed by atoms with van der Waals surface area (Å²) in [5.41, 5.74) is 1.15. The van der Waals surface area contributed by atoms with Gasteiger partial charge in [-0.3, -0.25) is 19.7 Å². The lowest BCUT2D eigenvalue weighted by atomic mass is 9.89. The third kappa shape index (κ3) is 6.26. The molecule has 1 fully saturated rings.